The van der Waals surface area contributed by atoms with Crippen molar-refractivity contribution < 1.29 is 18.7 Å². The molecule has 1 aromatic rings. The molecule has 5 heteroatoms. The summed E-state index contributed by atoms with van der Waals surface area (Å²) in [5.41, 5.74) is -0.0319. The Labute approximate surface area is 106 Å². The molecule has 0 saturated heterocycles. The molecule has 1 heterocycles. The maximum Gasteiger partial charge on any atom is 0.407 e. The Morgan fingerprint density at radius 1 is 1.44 bits per heavy atom. The quantitative estimate of drug-likeness (QED) is 0.837. The van der Waals surface area contributed by atoms with Gasteiger partial charge in [0.2, 0.25) is 0 Å². The first-order chi connectivity index (χ1) is 8.29. The first kappa shape index (κ1) is 14.3. The van der Waals surface area contributed by atoms with Gasteiger partial charge in [-0.3, -0.25) is 4.79 Å². The van der Waals surface area contributed by atoms with E-state index in [-0.39, 0.29) is 18.2 Å². The molecular weight excluding hydrogens is 234 g/mol. The van der Waals surface area contributed by atoms with Crippen molar-refractivity contribution in [3.8, 4) is 0 Å². The van der Waals surface area contributed by atoms with Gasteiger partial charge in [0.1, 0.15) is 11.9 Å². The van der Waals surface area contributed by atoms with Crippen LogP contribution in [0.1, 0.15) is 38.1 Å². The number of rotatable bonds is 4. The highest BCUT2D eigenvalue weighted by molar-refractivity contribution is 5.97. The molecule has 0 aliphatic carbocycles. The van der Waals surface area contributed by atoms with E-state index in [0.717, 1.165) is 0 Å². The molecule has 1 N–H and O–H groups in total. The van der Waals surface area contributed by atoms with Gasteiger partial charge in [0, 0.05) is 12.5 Å². The minimum atomic E-state index is -0.540. The van der Waals surface area contributed by atoms with E-state index in [1.165, 1.54) is 12.5 Å². The third-order valence-electron chi connectivity index (χ3n) is 2.20. The van der Waals surface area contributed by atoms with Crippen molar-refractivity contribution in [2.75, 3.05) is 6.54 Å². The van der Waals surface area contributed by atoms with Crippen molar-refractivity contribution in [3.05, 3.63) is 24.2 Å². The number of amides is 1. The van der Waals surface area contributed by atoms with Crippen LogP contribution in [0.5, 0.6) is 0 Å². The molecule has 100 valence electrons. The average molecular weight is 253 g/mol. The minimum Gasteiger partial charge on any atom is -0.472 e. The van der Waals surface area contributed by atoms with Crippen LogP contribution in [-0.2, 0) is 4.74 Å². The topological polar surface area (TPSA) is 68.5 Å². The normalized spacial score (nSPS) is 12.9. The first-order valence-electron chi connectivity index (χ1n) is 5.83. The largest absolute Gasteiger partial charge is 0.472 e. The highest BCUT2D eigenvalue weighted by Crippen LogP contribution is 2.10. The summed E-state index contributed by atoms with van der Waals surface area (Å²) in [5.74, 6) is -0.394. The van der Waals surface area contributed by atoms with Crippen LogP contribution in [0, 0.1) is 5.92 Å². The number of Topliss-reactive ketones (excluding diaryl/α,β-unsaturated/α-hetero) is 1. The van der Waals surface area contributed by atoms with Crippen LogP contribution in [0.4, 0.5) is 4.79 Å². The number of furan rings is 1. The zero-order valence-electron chi connectivity index (χ0n) is 11.1. The fraction of sp³-hybridized carbons (Fsp3) is 0.538. The van der Waals surface area contributed by atoms with Crippen molar-refractivity contribution in [1.82, 2.24) is 5.32 Å². The Morgan fingerprint density at radius 2 is 2.11 bits per heavy atom. The molecule has 1 unspecified atom stereocenters. The molecule has 0 aliphatic heterocycles. The molecule has 0 spiro atoms. The number of hydrogen-bond acceptors (Lipinski definition) is 4. The van der Waals surface area contributed by atoms with Crippen LogP contribution in [0.3, 0.4) is 0 Å². The number of ketones is 1. The van der Waals surface area contributed by atoms with Crippen molar-refractivity contribution in [3.63, 3.8) is 0 Å². The lowest BCUT2D eigenvalue weighted by Gasteiger charge is -2.20. The van der Waals surface area contributed by atoms with Crippen molar-refractivity contribution in [2.45, 2.75) is 33.3 Å². The van der Waals surface area contributed by atoms with Gasteiger partial charge in [-0.25, -0.2) is 4.79 Å². The van der Waals surface area contributed by atoms with Crippen LogP contribution < -0.4 is 5.32 Å². The molecule has 18 heavy (non-hydrogen) atoms. The summed E-state index contributed by atoms with van der Waals surface area (Å²) in [6.07, 6.45) is 2.32. The molecule has 1 rings (SSSR count). The van der Waals surface area contributed by atoms with Crippen molar-refractivity contribution in [2.24, 2.45) is 5.92 Å². The molecule has 0 aliphatic rings. The average Bonchev–Trinajstić information content (AvgIpc) is 2.75. The van der Waals surface area contributed by atoms with Gasteiger partial charge in [-0.15, -0.1) is 0 Å². The summed E-state index contributed by atoms with van der Waals surface area (Å²) in [7, 11) is 0. The van der Waals surface area contributed by atoms with Gasteiger partial charge in [-0.1, -0.05) is 6.92 Å². The van der Waals surface area contributed by atoms with E-state index in [0.29, 0.717) is 5.56 Å². The molecule has 1 amide bonds. The Balaban J connectivity index is 2.40. The van der Waals surface area contributed by atoms with Gasteiger partial charge in [-0.05, 0) is 26.8 Å². The van der Waals surface area contributed by atoms with E-state index in [2.05, 4.69) is 5.32 Å². The lowest BCUT2D eigenvalue weighted by Crippen LogP contribution is -2.36. The van der Waals surface area contributed by atoms with Crippen LogP contribution in [0.2, 0.25) is 0 Å². The van der Waals surface area contributed by atoms with E-state index >= 15 is 0 Å². The van der Waals surface area contributed by atoms with Gasteiger partial charge in [-0.2, -0.15) is 0 Å². The van der Waals surface area contributed by atoms with Crippen LogP contribution in [-0.4, -0.2) is 24.0 Å². The number of nitrogens with one attached hydrogen (secondary N) is 1. The lowest BCUT2D eigenvalue weighted by molar-refractivity contribution is 0.0520. The fourth-order valence-electron chi connectivity index (χ4n) is 1.33. The smallest absolute Gasteiger partial charge is 0.407 e. The monoisotopic (exact) mass is 253 g/mol. The van der Waals surface area contributed by atoms with Crippen molar-refractivity contribution in [1.29, 1.82) is 0 Å². The summed E-state index contributed by atoms with van der Waals surface area (Å²) in [6, 6.07) is 1.60. The highest BCUT2D eigenvalue weighted by atomic mass is 16.6. The summed E-state index contributed by atoms with van der Waals surface area (Å²) in [4.78, 5) is 23.3. The summed E-state index contributed by atoms with van der Waals surface area (Å²) >= 11 is 0. The maximum absolute atomic E-state index is 11.9. The van der Waals surface area contributed by atoms with E-state index < -0.39 is 11.7 Å². The van der Waals surface area contributed by atoms with E-state index in [1.54, 1.807) is 33.8 Å². The Kier molecular flexibility index (Phi) is 4.53. The zero-order valence-corrected chi connectivity index (χ0v) is 11.1. The van der Waals surface area contributed by atoms with Crippen LogP contribution >= 0.6 is 0 Å². The number of alkyl carbamates (subject to hydrolysis) is 1. The first-order valence-corrected chi connectivity index (χ1v) is 5.83. The molecule has 1 aromatic heterocycles. The maximum atomic E-state index is 11.9. The standard InChI is InChI=1S/C13H19NO4/c1-9(11(15)10-5-6-17-8-10)7-14-12(16)18-13(2,3)4/h5-6,8-9H,7H2,1-4H3,(H,14,16). The summed E-state index contributed by atoms with van der Waals surface area (Å²) < 4.78 is 9.92. The SMILES string of the molecule is CC(CNC(=O)OC(C)(C)C)C(=O)c1ccoc1. The second-order valence-electron chi connectivity index (χ2n) is 5.16. The summed E-state index contributed by atoms with van der Waals surface area (Å²) in [5, 5.41) is 2.57. The zero-order chi connectivity index (χ0) is 13.8. The van der Waals surface area contributed by atoms with Crippen LogP contribution in [0.15, 0.2) is 23.0 Å². The second kappa shape index (κ2) is 5.71. The number of hydrogen-bond donors (Lipinski definition) is 1. The number of carbonyl (C=O) groups is 2. The van der Waals surface area contributed by atoms with Gasteiger partial charge in [0.15, 0.2) is 5.78 Å². The predicted molar refractivity (Wildman–Crippen MR) is 66.4 cm³/mol. The molecule has 1 atom stereocenters. The molecule has 0 bridgehead atoms. The Bertz CT molecular complexity index is 403. The second-order valence-corrected chi connectivity index (χ2v) is 5.16. The van der Waals surface area contributed by atoms with Gasteiger partial charge in [0.25, 0.3) is 0 Å². The van der Waals surface area contributed by atoms with E-state index in [9.17, 15) is 9.59 Å². The molecule has 0 saturated carbocycles. The lowest BCUT2D eigenvalue weighted by atomic mass is 10.0. The molecular formula is C13H19NO4. The third kappa shape index (κ3) is 4.61. The Morgan fingerprint density at radius 3 is 2.61 bits per heavy atom. The molecule has 0 radical (unpaired) electrons. The van der Waals surface area contributed by atoms with E-state index in [4.69, 9.17) is 9.15 Å². The number of ether oxygens (including phenoxy) is 1. The van der Waals surface area contributed by atoms with Gasteiger partial charge in [0.05, 0.1) is 11.8 Å². The molecule has 0 aromatic carbocycles. The van der Waals surface area contributed by atoms with Gasteiger partial charge < -0.3 is 14.5 Å². The highest BCUT2D eigenvalue weighted by Gasteiger charge is 2.19. The van der Waals surface area contributed by atoms with Crippen LogP contribution in [0.25, 0.3) is 0 Å². The fourth-order valence-corrected chi connectivity index (χ4v) is 1.33. The minimum absolute atomic E-state index is 0.0696. The molecule has 5 nitrogen and oxygen atoms in total. The predicted octanol–water partition coefficient (Wildman–Crippen LogP) is 2.62. The summed E-state index contributed by atoms with van der Waals surface area (Å²) in [6.45, 7) is 7.33. The third-order valence-corrected chi connectivity index (χ3v) is 2.20. The van der Waals surface area contributed by atoms with Gasteiger partial charge >= 0.3 is 6.09 Å². The van der Waals surface area contributed by atoms with Crippen molar-refractivity contribution >= 4 is 11.9 Å². The Hall–Kier alpha value is -1.78. The number of carbonyl (C=O) groups excluding carboxylic acids is 2. The van der Waals surface area contributed by atoms with E-state index in [1.807, 2.05) is 0 Å². The molecule has 0 fully saturated rings.